The van der Waals surface area contributed by atoms with Crippen molar-refractivity contribution in [2.75, 3.05) is 7.11 Å². The summed E-state index contributed by atoms with van der Waals surface area (Å²) in [5, 5.41) is 27.0. The number of hydrogen-bond acceptors (Lipinski definition) is 7. The lowest BCUT2D eigenvalue weighted by molar-refractivity contribution is -0.384. The fraction of sp³-hybridized carbons (Fsp3) is 0.103. The van der Waals surface area contributed by atoms with Crippen LogP contribution in [0.2, 0.25) is 0 Å². The number of non-ortho nitro benzene ring substituents is 1. The van der Waals surface area contributed by atoms with Gasteiger partial charge in [-0.1, -0.05) is 42.5 Å². The molecule has 4 aromatic carbocycles. The number of nitro benzene ring substituents is 1. The number of nitrogens with one attached hydrogen (secondary N) is 1. The summed E-state index contributed by atoms with van der Waals surface area (Å²) in [6.07, 6.45) is 3.62. The Morgan fingerprint density at radius 1 is 1.11 bits per heavy atom. The minimum absolute atomic E-state index is 0.0185. The number of hydrogen-bond donors (Lipinski definition) is 2. The summed E-state index contributed by atoms with van der Waals surface area (Å²) in [6.45, 7) is 3.89. The number of hydrazone groups is 1. The molecule has 9 nitrogen and oxygen atoms in total. The number of phenolic OH excluding ortho intramolecular Hbond substituents is 1. The average molecular weight is 512 g/mol. The van der Waals surface area contributed by atoms with Crippen LogP contribution in [0.5, 0.6) is 17.2 Å². The van der Waals surface area contributed by atoms with Crippen LogP contribution in [0.4, 0.5) is 5.69 Å². The molecule has 1 amide bonds. The maximum absolute atomic E-state index is 12.6. The minimum atomic E-state index is -0.556. The van der Waals surface area contributed by atoms with Crippen LogP contribution in [0.15, 0.2) is 90.6 Å². The first-order valence-corrected chi connectivity index (χ1v) is 11.6. The third-order valence-corrected chi connectivity index (χ3v) is 5.73. The van der Waals surface area contributed by atoms with Crippen molar-refractivity contribution in [2.24, 2.45) is 5.10 Å². The number of benzene rings is 4. The summed E-state index contributed by atoms with van der Waals surface area (Å²) in [7, 11) is 1.50. The SMILES string of the molecule is C=CCc1cc(C=NNC(=O)c2cc3ccccc3cc2O)cc(OC)c1OCc1cccc([N+](=O)[O-])c1. The van der Waals surface area contributed by atoms with Crippen molar-refractivity contribution in [3.63, 3.8) is 0 Å². The zero-order valence-corrected chi connectivity index (χ0v) is 20.6. The number of fused-ring (bicyclic) bond motifs is 1. The summed E-state index contributed by atoms with van der Waals surface area (Å²) >= 11 is 0. The fourth-order valence-electron chi connectivity index (χ4n) is 3.93. The van der Waals surface area contributed by atoms with Crippen LogP contribution < -0.4 is 14.9 Å². The van der Waals surface area contributed by atoms with Crippen LogP contribution in [-0.2, 0) is 13.0 Å². The zero-order chi connectivity index (χ0) is 27.1. The Bertz CT molecular complexity index is 1550. The standard InChI is InChI=1S/C29H25N3O6/c1-3-7-23-12-20(14-27(37-2)28(23)38-18-19-8-6-11-24(13-19)32(35)36)17-30-31-29(34)25-15-21-9-4-5-10-22(21)16-26(25)33/h3-6,8-17,33H,1,7,18H2,2H3,(H,31,34). The van der Waals surface area contributed by atoms with Gasteiger partial charge in [0.25, 0.3) is 11.6 Å². The fourth-order valence-corrected chi connectivity index (χ4v) is 3.93. The van der Waals surface area contributed by atoms with Gasteiger partial charge >= 0.3 is 0 Å². The number of phenols is 1. The lowest BCUT2D eigenvalue weighted by Crippen LogP contribution is -2.17. The topological polar surface area (TPSA) is 123 Å². The largest absolute Gasteiger partial charge is 0.507 e. The normalized spacial score (nSPS) is 10.9. The average Bonchev–Trinajstić information content (AvgIpc) is 2.92. The van der Waals surface area contributed by atoms with E-state index in [0.29, 0.717) is 29.0 Å². The van der Waals surface area contributed by atoms with Crippen molar-refractivity contribution in [1.82, 2.24) is 5.43 Å². The van der Waals surface area contributed by atoms with Gasteiger partial charge in [0, 0.05) is 17.7 Å². The van der Waals surface area contributed by atoms with Crippen LogP contribution in [0.3, 0.4) is 0 Å². The lowest BCUT2D eigenvalue weighted by atomic mass is 10.1. The number of methoxy groups -OCH3 is 1. The van der Waals surface area contributed by atoms with Gasteiger partial charge in [-0.15, -0.1) is 6.58 Å². The monoisotopic (exact) mass is 511 g/mol. The van der Waals surface area contributed by atoms with E-state index in [1.807, 2.05) is 30.3 Å². The van der Waals surface area contributed by atoms with Crippen molar-refractivity contribution in [3.05, 3.63) is 118 Å². The molecule has 9 heteroatoms. The van der Waals surface area contributed by atoms with Gasteiger partial charge in [-0.2, -0.15) is 5.10 Å². The Kier molecular flexibility index (Phi) is 7.98. The summed E-state index contributed by atoms with van der Waals surface area (Å²) in [5.74, 6) is 0.201. The van der Waals surface area contributed by atoms with Gasteiger partial charge in [0.1, 0.15) is 12.4 Å². The summed E-state index contributed by atoms with van der Waals surface area (Å²) in [5.41, 5.74) is 4.55. The number of rotatable bonds is 10. The number of nitrogens with zero attached hydrogens (tertiary/aromatic N) is 2. The van der Waals surface area contributed by atoms with Crippen LogP contribution >= 0.6 is 0 Å². The molecule has 0 aromatic heterocycles. The highest BCUT2D eigenvalue weighted by atomic mass is 16.6. The van der Waals surface area contributed by atoms with Crippen LogP contribution in [0, 0.1) is 10.1 Å². The van der Waals surface area contributed by atoms with E-state index in [-0.39, 0.29) is 23.6 Å². The highest BCUT2D eigenvalue weighted by Gasteiger charge is 2.15. The van der Waals surface area contributed by atoms with Gasteiger partial charge in [0.05, 0.1) is 23.8 Å². The van der Waals surface area contributed by atoms with Crippen molar-refractivity contribution < 1.29 is 24.3 Å². The molecule has 0 atom stereocenters. The number of carbonyl (C=O) groups excluding carboxylic acids is 1. The molecule has 0 aliphatic rings. The number of aromatic hydroxyl groups is 1. The van der Waals surface area contributed by atoms with Gasteiger partial charge in [0.2, 0.25) is 0 Å². The maximum atomic E-state index is 12.6. The van der Waals surface area contributed by atoms with E-state index in [0.717, 1.165) is 16.3 Å². The molecule has 0 aliphatic heterocycles. The third kappa shape index (κ3) is 5.96. The highest BCUT2D eigenvalue weighted by Crippen LogP contribution is 2.34. The van der Waals surface area contributed by atoms with E-state index in [1.165, 1.54) is 31.5 Å². The molecule has 0 saturated heterocycles. The van der Waals surface area contributed by atoms with E-state index < -0.39 is 10.8 Å². The van der Waals surface area contributed by atoms with Crippen molar-refractivity contribution >= 4 is 28.6 Å². The Morgan fingerprint density at radius 3 is 2.58 bits per heavy atom. The first-order valence-electron chi connectivity index (χ1n) is 11.6. The van der Waals surface area contributed by atoms with Gasteiger partial charge < -0.3 is 14.6 Å². The van der Waals surface area contributed by atoms with Crippen molar-refractivity contribution in [2.45, 2.75) is 13.0 Å². The quantitative estimate of drug-likeness (QED) is 0.125. The highest BCUT2D eigenvalue weighted by molar-refractivity contribution is 6.01. The predicted octanol–water partition coefficient (Wildman–Crippen LogP) is 5.53. The van der Waals surface area contributed by atoms with Gasteiger partial charge in [-0.25, -0.2) is 5.43 Å². The molecule has 0 unspecified atom stereocenters. The first-order chi connectivity index (χ1) is 18.4. The number of nitro groups is 1. The number of ether oxygens (including phenoxy) is 2. The zero-order valence-electron chi connectivity index (χ0n) is 20.6. The lowest BCUT2D eigenvalue weighted by Gasteiger charge is -2.16. The molecular formula is C29H25N3O6. The molecule has 38 heavy (non-hydrogen) atoms. The molecule has 0 saturated carbocycles. The van der Waals surface area contributed by atoms with E-state index in [1.54, 1.807) is 30.3 Å². The smallest absolute Gasteiger partial charge is 0.275 e. The second-order valence-corrected chi connectivity index (χ2v) is 8.34. The van der Waals surface area contributed by atoms with E-state index >= 15 is 0 Å². The summed E-state index contributed by atoms with van der Waals surface area (Å²) in [4.78, 5) is 23.3. The molecule has 4 aromatic rings. The van der Waals surface area contributed by atoms with Crippen LogP contribution in [0.25, 0.3) is 10.8 Å². The van der Waals surface area contributed by atoms with Crippen molar-refractivity contribution in [3.8, 4) is 17.2 Å². The Balaban J connectivity index is 1.53. The van der Waals surface area contributed by atoms with E-state index in [2.05, 4.69) is 17.1 Å². The van der Waals surface area contributed by atoms with Gasteiger partial charge in [-0.05, 0) is 52.6 Å². The van der Waals surface area contributed by atoms with Gasteiger partial charge in [0.15, 0.2) is 11.5 Å². The Morgan fingerprint density at radius 2 is 1.87 bits per heavy atom. The van der Waals surface area contributed by atoms with E-state index in [9.17, 15) is 20.0 Å². The predicted molar refractivity (Wildman–Crippen MR) is 145 cm³/mol. The van der Waals surface area contributed by atoms with Gasteiger partial charge in [-0.3, -0.25) is 14.9 Å². The second kappa shape index (κ2) is 11.7. The van der Waals surface area contributed by atoms with Crippen LogP contribution in [0.1, 0.15) is 27.0 Å². The molecule has 0 radical (unpaired) electrons. The molecule has 0 fully saturated rings. The first kappa shape index (κ1) is 25.9. The van der Waals surface area contributed by atoms with Crippen molar-refractivity contribution in [1.29, 1.82) is 0 Å². The number of allylic oxidation sites excluding steroid dienone is 1. The molecule has 0 bridgehead atoms. The minimum Gasteiger partial charge on any atom is -0.507 e. The molecule has 4 rings (SSSR count). The summed E-state index contributed by atoms with van der Waals surface area (Å²) < 4.78 is 11.5. The molecular weight excluding hydrogens is 486 g/mol. The Hall–Kier alpha value is -5.18. The molecule has 0 aliphatic carbocycles. The third-order valence-electron chi connectivity index (χ3n) is 5.73. The maximum Gasteiger partial charge on any atom is 0.275 e. The molecule has 2 N–H and O–H groups in total. The number of amides is 1. The molecule has 0 heterocycles. The Labute approximate surface area is 218 Å². The number of carbonyl (C=O) groups is 1. The molecule has 192 valence electrons. The van der Waals surface area contributed by atoms with E-state index in [4.69, 9.17) is 9.47 Å². The van der Waals surface area contributed by atoms with Crippen LogP contribution in [-0.4, -0.2) is 29.3 Å². The second-order valence-electron chi connectivity index (χ2n) is 8.34. The molecule has 0 spiro atoms. The summed E-state index contributed by atoms with van der Waals surface area (Å²) in [6, 6.07) is 20.3.